The van der Waals surface area contributed by atoms with Crippen LogP contribution in [0.15, 0.2) is 24.4 Å². The standard InChI is InChI=1S/C16H22ClN3/c1-4-16(5-2)11(10-12(16)18-3)14-15(17)19-13-8-6-7-9-20(13)14/h6-9,11-12,18H,4-5,10H2,1-3H3. The van der Waals surface area contributed by atoms with E-state index in [-0.39, 0.29) is 0 Å². The molecule has 0 aliphatic heterocycles. The Kier molecular flexibility index (Phi) is 3.51. The van der Waals surface area contributed by atoms with E-state index in [0.29, 0.717) is 22.5 Å². The summed E-state index contributed by atoms with van der Waals surface area (Å²) in [4.78, 5) is 4.51. The van der Waals surface area contributed by atoms with E-state index < -0.39 is 0 Å². The van der Waals surface area contributed by atoms with E-state index in [0.717, 1.165) is 24.9 Å². The maximum absolute atomic E-state index is 6.45. The molecule has 0 bridgehead atoms. The summed E-state index contributed by atoms with van der Waals surface area (Å²) < 4.78 is 2.17. The molecule has 2 atom stereocenters. The van der Waals surface area contributed by atoms with Crippen molar-refractivity contribution in [3.63, 3.8) is 0 Å². The fourth-order valence-electron chi connectivity index (χ4n) is 4.11. The topological polar surface area (TPSA) is 29.3 Å². The molecule has 0 saturated heterocycles. The molecular weight excluding hydrogens is 270 g/mol. The van der Waals surface area contributed by atoms with Crippen molar-refractivity contribution in [3.05, 3.63) is 35.2 Å². The molecule has 2 aromatic heterocycles. The number of nitrogens with zero attached hydrogens (tertiary/aromatic N) is 2. The summed E-state index contributed by atoms with van der Waals surface area (Å²) in [7, 11) is 2.07. The lowest BCUT2D eigenvalue weighted by molar-refractivity contribution is 0.0219. The molecule has 3 rings (SSSR count). The minimum Gasteiger partial charge on any atom is -0.316 e. The Labute approximate surface area is 125 Å². The third-order valence-electron chi connectivity index (χ3n) is 5.38. The smallest absolute Gasteiger partial charge is 0.151 e. The fraction of sp³-hybridized carbons (Fsp3) is 0.562. The minimum atomic E-state index is 0.296. The van der Waals surface area contributed by atoms with Crippen molar-refractivity contribution in [1.82, 2.24) is 14.7 Å². The lowest BCUT2D eigenvalue weighted by Crippen LogP contribution is -2.57. The predicted molar refractivity (Wildman–Crippen MR) is 83.4 cm³/mol. The highest BCUT2D eigenvalue weighted by Crippen LogP contribution is 2.58. The molecule has 0 amide bonds. The molecule has 4 heteroatoms. The minimum absolute atomic E-state index is 0.296. The van der Waals surface area contributed by atoms with E-state index in [4.69, 9.17) is 11.6 Å². The Morgan fingerprint density at radius 2 is 2.15 bits per heavy atom. The van der Waals surface area contributed by atoms with E-state index >= 15 is 0 Å². The first kappa shape index (κ1) is 13.9. The van der Waals surface area contributed by atoms with E-state index in [1.807, 2.05) is 18.2 Å². The van der Waals surface area contributed by atoms with E-state index in [1.165, 1.54) is 5.69 Å². The Hall–Kier alpha value is -1.06. The fourth-order valence-corrected chi connectivity index (χ4v) is 4.42. The zero-order valence-electron chi connectivity index (χ0n) is 12.4. The van der Waals surface area contributed by atoms with Gasteiger partial charge < -0.3 is 9.72 Å². The van der Waals surface area contributed by atoms with Gasteiger partial charge in [-0.2, -0.15) is 0 Å². The molecule has 3 nitrogen and oxygen atoms in total. The van der Waals surface area contributed by atoms with E-state index in [2.05, 4.69) is 41.8 Å². The second-order valence-corrected chi connectivity index (χ2v) is 6.14. The number of hydrogen-bond donors (Lipinski definition) is 1. The molecule has 1 aliphatic rings. The zero-order chi connectivity index (χ0) is 14.3. The van der Waals surface area contributed by atoms with Crippen molar-refractivity contribution in [2.75, 3.05) is 7.05 Å². The average molecular weight is 292 g/mol. The summed E-state index contributed by atoms with van der Waals surface area (Å²) in [6.07, 6.45) is 5.54. The molecule has 2 aromatic rings. The monoisotopic (exact) mass is 291 g/mol. The van der Waals surface area contributed by atoms with Crippen molar-refractivity contribution in [2.24, 2.45) is 5.41 Å². The van der Waals surface area contributed by atoms with E-state index in [1.54, 1.807) is 0 Å². The van der Waals surface area contributed by atoms with Crippen LogP contribution in [0.2, 0.25) is 5.15 Å². The molecule has 1 fully saturated rings. The van der Waals surface area contributed by atoms with Gasteiger partial charge in [-0.1, -0.05) is 31.5 Å². The lowest BCUT2D eigenvalue weighted by Gasteiger charge is -2.56. The van der Waals surface area contributed by atoms with Crippen molar-refractivity contribution in [1.29, 1.82) is 0 Å². The maximum Gasteiger partial charge on any atom is 0.151 e. The van der Waals surface area contributed by atoms with Gasteiger partial charge in [-0.3, -0.25) is 0 Å². The van der Waals surface area contributed by atoms with Gasteiger partial charge in [0.15, 0.2) is 5.15 Å². The van der Waals surface area contributed by atoms with Crippen LogP contribution in [0, 0.1) is 5.41 Å². The molecule has 0 spiro atoms. The largest absolute Gasteiger partial charge is 0.316 e. The third-order valence-corrected chi connectivity index (χ3v) is 5.65. The highest BCUT2D eigenvalue weighted by atomic mass is 35.5. The summed E-state index contributed by atoms with van der Waals surface area (Å²) in [5, 5.41) is 4.15. The quantitative estimate of drug-likeness (QED) is 0.926. The molecule has 0 aromatic carbocycles. The summed E-state index contributed by atoms with van der Waals surface area (Å²) >= 11 is 6.45. The molecule has 108 valence electrons. The maximum atomic E-state index is 6.45. The summed E-state index contributed by atoms with van der Waals surface area (Å²) in [6, 6.07) is 6.64. The number of aromatic nitrogens is 2. The van der Waals surface area contributed by atoms with Crippen LogP contribution in [-0.2, 0) is 0 Å². The predicted octanol–water partition coefficient (Wildman–Crippen LogP) is 3.87. The number of hydrogen-bond acceptors (Lipinski definition) is 2. The van der Waals surface area contributed by atoms with Gasteiger partial charge in [-0.15, -0.1) is 0 Å². The van der Waals surface area contributed by atoms with Crippen molar-refractivity contribution in [3.8, 4) is 0 Å². The Bertz CT molecular complexity index is 615. The van der Waals surface area contributed by atoms with Crippen molar-refractivity contribution >= 4 is 17.2 Å². The molecule has 1 aliphatic carbocycles. The first-order valence-corrected chi connectivity index (χ1v) is 7.85. The molecule has 2 heterocycles. The second-order valence-electron chi connectivity index (χ2n) is 5.79. The van der Waals surface area contributed by atoms with Crippen LogP contribution < -0.4 is 5.32 Å². The highest BCUT2D eigenvalue weighted by molar-refractivity contribution is 6.30. The first-order chi connectivity index (χ1) is 9.67. The number of fused-ring (bicyclic) bond motifs is 1. The zero-order valence-corrected chi connectivity index (χ0v) is 13.1. The van der Waals surface area contributed by atoms with Gasteiger partial charge in [-0.25, -0.2) is 4.98 Å². The number of imidazole rings is 1. The Balaban J connectivity index is 2.10. The van der Waals surface area contributed by atoms with Crippen LogP contribution in [0.25, 0.3) is 5.65 Å². The third kappa shape index (κ3) is 1.73. The molecular formula is C16H22ClN3. The van der Waals surface area contributed by atoms with Crippen LogP contribution in [0.5, 0.6) is 0 Å². The van der Waals surface area contributed by atoms with Crippen LogP contribution in [-0.4, -0.2) is 22.5 Å². The number of halogens is 1. The van der Waals surface area contributed by atoms with Gasteiger partial charge in [0.1, 0.15) is 5.65 Å². The average Bonchev–Trinajstić information content (AvgIpc) is 2.77. The number of rotatable bonds is 4. The van der Waals surface area contributed by atoms with Crippen LogP contribution in [0.4, 0.5) is 0 Å². The van der Waals surface area contributed by atoms with Crippen LogP contribution in [0.3, 0.4) is 0 Å². The number of nitrogens with one attached hydrogen (secondary N) is 1. The SMILES string of the molecule is CCC1(CC)C(NC)CC1c1c(Cl)nc2ccccn12. The van der Waals surface area contributed by atoms with Gasteiger partial charge in [0.05, 0.1) is 5.69 Å². The van der Waals surface area contributed by atoms with Gasteiger partial charge in [-0.05, 0) is 43.9 Å². The van der Waals surface area contributed by atoms with Gasteiger partial charge >= 0.3 is 0 Å². The Morgan fingerprint density at radius 3 is 2.80 bits per heavy atom. The normalized spacial score (nSPS) is 24.8. The van der Waals surface area contributed by atoms with Gasteiger partial charge in [0, 0.05) is 18.2 Å². The van der Waals surface area contributed by atoms with Gasteiger partial charge in [0.2, 0.25) is 0 Å². The van der Waals surface area contributed by atoms with Crippen LogP contribution in [0.1, 0.15) is 44.7 Å². The summed E-state index contributed by atoms with van der Waals surface area (Å²) in [5.41, 5.74) is 2.43. The number of pyridine rings is 1. The van der Waals surface area contributed by atoms with Crippen molar-refractivity contribution in [2.45, 2.75) is 45.1 Å². The first-order valence-electron chi connectivity index (χ1n) is 7.47. The lowest BCUT2D eigenvalue weighted by atomic mass is 9.52. The van der Waals surface area contributed by atoms with Crippen molar-refractivity contribution < 1.29 is 0 Å². The van der Waals surface area contributed by atoms with Crippen LogP contribution >= 0.6 is 11.6 Å². The molecule has 2 unspecified atom stereocenters. The summed E-state index contributed by atoms with van der Waals surface area (Å²) in [6.45, 7) is 4.58. The Morgan fingerprint density at radius 1 is 1.40 bits per heavy atom. The van der Waals surface area contributed by atoms with E-state index in [9.17, 15) is 0 Å². The molecule has 1 N–H and O–H groups in total. The highest BCUT2D eigenvalue weighted by Gasteiger charge is 2.53. The molecule has 0 radical (unpaired) electrons. The molecule has 1 saturated carbocycles. The second kappa shape index (κ2) is 5.05. The molecule has 20 heavy (non-hydrogen) atoms. The van der Waals surface area contributed by atoms with Gasteiger partial charge in [0.25, 0.3) is 0 Å². The summed E-state index contributed by atoms with van der Waals surface area (Å²) in [5.74, 6) is 0.486.